The topological polar surface area (TPSA) is 75.3 Å². The van der Waals surface area contributed by atoms with Crippen LogP contribution in [-0.4, -0.2) is 14.3 Å². The maximum atomic E-state index is 13.3. The fraction of sp³-hybridized carbons (Fsp3) is 0.0952. The van der Waals surface area contributed by atoms with Gasteiger partial charge >= 0.3 is 6.18 Å². The fourth-order valence-electron chi connectivity index (χ4n) is 2.78. The minimum atomic E-state index is -4.81. The van der Waals surface area contributed by atoms with Crippen LogP contribution in [0, 0.1) is 6.92 Å². The van der Waals surface area contributed by atoms with Gasteiger partial charge in [0, 0.05) is 21.3 Å². The van der Waals surface area contributed by atoms with Gasteiger partial charge in [0.1, 0.15) is 0 Å². The summed E-state index contributed by atoms with van der Waals surface area (Å²) in [5, 5.41) is 2.93. The number of amides is 1. The maximum Gasteiger partial charge on any atom is 0.418 e. The predicted octanol–water partition coefficient (Wildman–Crippen LogP) is 6.37. The number of nitrogens with one attached hydrogen (secondary N) is 2. The van der Waals surface area contributed by atoms with Gasteiger partial charge in [0.2, 0.25) is 0 Å². The highest BCUT2D eigenvalue weighted by molar-refractivity contribution is 7.92. The highest BCUT2D eigenvalue weighted by Gasteiger charge is 2.35. The molecule has 0 aromatic heterocycles. The van der Waals surface area contributed by atoms with E-state index in [1.165, 1.54) is 30.3 Å². The first-order chi connectivity index (χ1) is 14.9. The molecule has 0 aliphatic rings. The Hall–Kier alpha value is -2.75. The fourth-order valence-corrected chi connectivity index (χ4v) is 4.25. The van der Waals surface area contributed by atoms with E-state index in [2.05, 4.69) is 5.32 Å². The third-order valence-corrected chi connectivity index (χ3v) is 6.24. The van der Waals surface area contributed by atoms with Crippen LogP contribution in [-0.2, 0) is 16.2 Å². The van der Waals surface area contributed by atoms with Gasteiger partial charge in [-0.15, -0.1) is 0 Å². The van der Waals surface area contributed by atoms with Crippen molar-refractivity contribution < 1.29 is 26.4 Å². The van der Waals surface area contributed by atoms with Crippen LogP contribution in [0.1, 0.15) is 21.5 Å². The lowest BCUT2D eigenvalue weighted by molar-refractivity contribution is -0.136. The van der Waals surface area contributed by atoms with Gasteiger partial charge in [-0.25, -0.2) is 8.42 Å². The van der Waals surface area contributed by atoms with E-state index in [1.54, 1.807) is 19.1 Å². The van der Waals surface area contributed by atoms with Gasteiger partial charge in [-0.05, 0) is 73.2 Å². The third kappa shape index (κ3) is 5.53. The van der Waals surface area contributed by atoms with Crippen molar-refractivity contribution in [2.75, 3.05) is 10.0 Å². The lowest BCUT2D eigenvalue weighted by atomic mass is 10.1. The highest BCUT2D eigenvalue weighted by atomic mass is 35.5. The zero-order valence-corrected chi connectivity index (χ0v) is 18.6. The molecule has 11 heteroatoms. The minimum Gasteiger partial charge on any atom is -0.322 e. The zero-order chi connectivity index (χ0) is 23.7. The van der Waals surface area contributed by atoms with Gasteiger partial charge in [0.15, 0.2) is 0 Å². The Morgan fingerprint density at radius 2 is 1.47 bits per heavy atom. The van der Waals surface area contributed by atoms with Gasteiger partial charge < -0.3 is 5.32 Å². The van der Waals surface area contributed by atoms with Crippen molar-refractivity contribution in [3.63, 3.8) is 0 Å². The van der Waals surface area contributed by atoms with E-state index in [4.69, 9.17) is 23.2 Å². The first-order valence-electron chi connectivity index (χ1n) is 8.94. The Bertz CT molecular complexity index is 1280. The average molecular weight is 503 g/mol. The van der Waals surface area contributed by atoms with Crippen LogP contribution in [0.5, 0.6) is 0 Å². The van der Waals surface area contributed by atoms with Crippen LogP contribution in [0.25, 0.3) is 0 Å². The summed E-state index contributed by atoms with van der Waals surface area (Å²) in [6.07, 6.45) is -4.81. The molecule has 0 spiro atoms. The summed E-state index contributed by atoms with van der Waals surface area (Å²) in [4.78, 5) is 12.1. The Balaban J connectivity index is 1.85. The Labute approximate surface area is 192 Å². The van der Waals surface area contributed by atoms with E-state index in [9.17, 15) is 26.4 Å². The van der Waals surface area contributed by atoms with Crippen LogP contribution < -0.4 is 10.0 Å². The maximum absolute atomic E-state index is 13.3. The molecule has 0 saturated carbocycles. The molecule has 3 aromatic rings. The molecule has 2 N–H and O–H groups in total. The highest BCUT2D eigenvalue weighted by Crippen LogP contribution is 2.37. The number of aryl methyl sites for hydroxylation is 1. The molecule has 0 aliphatic heterocycles. The predicted molar refractivity (Wildman–Crippen MR) is 118 cm³/mol. The quantitative estimate of drug-likeness (QED) is 0.425. The number of anilines is 2. The molecule has 0 unspecified atom stereocenters. The molecule has 3 rings (SSSR count). The lowest BCUT2D eigenvalue weighted by Gasteiger charge is -2.16. The lowest BCUT2D eigenvalue weighted by Crippen LogP contribution is -2.18. The number of hydrogen-bond donors (Lipinski definition) is 2. The van der Waals surface area contributed by atoms with Crippen molar-refractivity contribution in [1.82, 2.24) is 0 Å². The van der Waals surface area contributed by atoms with Crippen LogP contribution in [0.2, 0.25) is 10.0 Å². The number of hydrogen-bond acceptors (Lipinski definition) is 3. The summed E-state index contributed by atoms with van der Waals surface area (Å²) >= 11 is 11.4. The summed E-state index contributed by atoms with van der Waals surface area (Å²) in [6.45, 7) is 1.56. The van der Waals surface area contributed by atoms with Crippen LogP contribution >= 0.6 is 23.2 Å². The average Bonchev–Trinajstić information content (AvgIpc) is 2.70. The second-order valence-electron chi connectivity index (χ2n) is 6.73. The van der Waals surface area contributed by atoms with E-state index in [-0.39, 0.29) is 9.92 Å². The largest absolute Gasteiger partial charge is 0.418 e. The summed E-state index contributed by atoms with van der Waals surface area (Å²) < 4.78 is 67.1. The molecule has 0 aliphatic carbocycles. The van der Waals surface area contributed by atoms with Gasteiger partial charge in [-0.1, -0.05) is 23.2 Å². The van der Waals surface area contributed by atoms with Crippen molar-refractivity contribution >= 4 is 50.5 Å². The second kappa shape index (κ2) is 9.01. The molecule has 0 saturated heterocycles. The van der Waals surface area contributed by atoms with Crippen molar-refractivity contribution in [1.29, 1.82) is 0 Å². The number of carbonyl (C=O) groups is 1. The Morgan fingerprint density at radius 1 is 0.875 bits per heavy atom. The number of sulfonamides is 1. The molecule has 5 nitrogen and oxygen atoms in total. The van der Waals surface area contributed by atoms with E-state index in [1.807, 2.05) is 4.72 Å². The van der Waals surface area contributed by atoms with Gasteiger partial charge in [-0.2, -0.15) is 13.2 Å². The number of benzene rings is 3. The summed E-state index contributed by atoms with van der Waals surface area (Å²) in [5.41, 5.74) is -0.792. The standard InChI is InChI=1S/C21H15Cl2F3N2O3S/c1-12-10-16(7-9-18(12)27-20(29)13-2-4-14(22)5-3-13)32(30,31)28-19-8-6-15(23)11-17(19)21(24,25)26/h2-11,28H,1H3,(H,27,29). The SMILES string of the molecule is Cc1cc(S(=O)(=O)Nc2ccc(Cl)cc2C(F)(F)F)ccc1NC(=O)c1ccc(Cl)cc1. The molecule has 0 fully saturated rings. The number of halogens is 5. The second-order valence-corrected chi connectivity index (χ2v) is 9.29. The molecule has 3 aromatic carbocycles. The zero-order valence-electron chi connectivity index (χ0n) is 16.3. The summed E-state index contributed by atoms with van der Waals surface area (Å²) in [6, 6.07) is 12.7. The van der Waals surface area contributed by atoms with Gasteiger partial charge in [0.25, 0.3) is 15.9 Å². The smallest absolute Gasteiger partial charge is 0.322 e. The monoisotopic (exact) mass is 502 g/mol. The van der Waals surface area contributed by atoms with E-state index in [0.29, 0.717) is 27.9 Å². The van der Waals surface area contributed by atoms with Crippen molar-refractivity contribution in [3.8, 4) is 0 Å². The minimum absolute atomic E-state index is 0.183. The van der Waals surface area contributed by atoms with Crippen molar-refractivity contribution in [2.45, 2.75) is 18.0 Å². The molecule has 168 valence electrons. The molecule has 0 bridgehead atoms. The molecule has 0 heterocycles. The van der Waals surface area contributed by atoms with E-state index >= 15 is 0 Å². The molecular formula is C21H15Cl2F3N2O3S. The van der Waals surface area contributed by atoms with Crippen molar-refractivity contribution in [3.05, 3.63) is 87.4 Å². The first-order valence-corrected chi connectivity index (χ1v) is 11.2. The number of carbonyl (C=O) groups excluding carboxylic acids is 1. The molecule has 1 amide bonds. The number of rotatable bonds is 5. The first kappa shape index (κ1) is 23.9. The summed E-state index contributed by atoms with van der Waals surface area (Å²) in [7, 11) is -4.35. The van der Waals surface area contributed by atoms with Crippen LogP contribution in [0.3, 0.4) is 0 Å². The third-order valence-electron chi connectivity index (χ3n) is 4.39. The Morgan fingerprint density at radius 3 is 2.06 bits per heavy atom. The van der Waals surface area contributed by atoms with Crippen molar-refractivity contribution in [2.24, 2.45) is 0 Å². The molecule has 0 atom stereocenters. The molecule has 0 radical (unpaired) electrons. The molecule has 32 heavy (non-hydrogen) atoms. The van der Waals surface area contributed by atoms with Gasteiger partial charge in [-0.3, -0.25) is 9.52 Å². The van der Waals surface area contributed by atoms with Crippen LogP contribution in [0.15, 0.2) is 65.6 Å². The van der Waals surface area contributed by atoms with E-state index in [0.717, 1.165) is 12.1 Å². The number of alkyl halides is 3. The Kier molecular flexibility index (Phi) is 6.73. The molecular weight excluding hydrogens is 488 g/mol. The van der Waals surface area contributed by atoms with E-state index < -0.39 is 33.4 Å². The normalized spacial score (nSPS) is 11.8. The summed E-state index contributed by atoms with van der Waals surface area (Å²) in [5.74, 6) is -0.436. The van der Waals surface area contributed by atoms with Crippen LogP contribution in [0.4, 0.5) is 24.5 Å². The van der Waals surface area contributed by atoms with Gasteiger partial charge in [0.05, 0.1) is 16.1 Å².